The van der Waals surface area contributed by atoms with Crippen LogP contribution in [0.5, 0.6) is 11.6 Å². The van der Waals surface area contributed by atoms with Crippen LogP contribution in [0.2, 0.25) is 0 Å². The van der Waals surface area contributed by atoms with Gasteiger partial charge in [-0.25, -0.2) is 13.8 Å². The lowest BCUT2D eigenvalue weighted by Crippen LogP contribution is -2.00. The van der Waals surface area contributed by atoms with E-state index in [1.54, 1.807) is 0 Å². The second kappa shape index (κ2) is 4.52. The first kappa shape index (κ1) is 12.2. The van der Waals surface area contributed by atoms with Crippen molar-refractivity contribution >= 4 is 5.95 Å². The van der Waals surface area contributed by atoms with Crippen molar-refractivity contribution in [3.05, 3.63) is 41.3 Å². The second-order valence-electron chi connectivity index (χ2n) is 3.52. The Morgan fingerprint density at radius 3 is 2.50 bits per heavy atom. The lowest BCUT2D eigenvalue weighted by atomic mass is 10.2. The standard InChI is InChI=1S/C11H8F3N3O/c1-5-2-6(12)7(13)3-9(5)18-10-8(14)4-16-11(15)17-10/h2-4H,1H3,(H2,15,16,17). The van der Waals surface area contributed by atoms with E-state index >= 15 is 0 Å². The monoisotopic (exact) mass is 255 g/mol. The molecule has 18 heavy (non-hydrogen) atoms. The predicted molar refractivity (Wildman–Crippen MR) is 57.6 cm³/mol. The number of hydrogen-bond donors (Lipinski definition) is 1. The van der Waals surface area contributed by atoms with Crippen molar-refractivity contribution in [3.63, 3.8) is 0 Å². The summed E-state index contributed by atoms with van der Waals surface area (Å²) in [6.07, 6.45) is 0.826. The Labute approximate surface area is 100 Å². The molecule has 94 valence electrons. The lowest BCUT2D eigenvalue weighted by molar-refractivity contribution is 0.411. The fourth-order valence-corrected chi connectivity index (χ4v) is 1.28. The van der Waals surface area contributed by atoms with Crippen molar-refractivity contribution in [1.29, 1.82) is 0 Å². The third-order valence-corrected chi connectivity index (χ3v) is 2.16. The molecule has 1 aromatic heterocycles. The number of nitrogens with two attached hydrogens (primary N) is 1. The molecular weight excluding hydrogens is 247 g/mol. The quantitative estimate of drug-likeness (QED) is 0.895. The van der Waals surface area contributed by atoms with E-state index in [0.29, 0.717) is 5.56 Å². The molecule has 0 aliphatic carbocycles. The molecule has 0 fully saturated rings. The van der Waals surface area contributed by atoms with Gasteiger partial charge in [-0.15, -0.1) is 0 Å². The van der Waals surface area contributed by atoms with Gasteiger partial charge in [-0.2, -0.15) is 9.37 Å². The van der Waals surface area contributed by atoms with E-state index in [0.717, 1.165) is 18.3 Å². The Hall–Kier alpha value is -2.31. The maximum atomic E-state index is 13.3. The Balaban J connectivity index is 2.40. The van der Waals surface area contributed by atoms with E-state index in [4.69, 9.17) is 10.5 Å². The van der Waals surface area contributed by atoms with Gasteiger partial charge >= 0.3 is 0 Å². The molecule has 0 saturated heterocycles. The molecule has 0 saturated carbocycles. The van der Waals surface area contributed by atoms with Gasteiger partial charge in [0.05, 0.1) is 6.20 Å². The summed E-state index contributed by atoms with van der Waals surface area (Å²) in [5.74, 6) is -3.65. The number of ether oxygens (including phenoxy) is 1. The van der Waals surface area contributed by atoms with Crippen molar-refractivity contribution in [2.75, 3.05) is 5.73 Å². The second-order valence-corrected chi connectivity index (χ2v) is 3.52. The number of aryl methyl sites for hydroxylation is 1. The minimum atomic E-state index is -1.10. The van der Waals surface area contributed by atoms with E-state index in [-0.39, 0.29) is 11.7 Å². The molecule has 0 radical (unpaired) electrons. The molecule has 0 atom stereocenters. The van der Waals surface area contributed by atoms with Gasteiger partial charge in [-0.3, -0.25) is 0 Å². The topological polar surface area (TPSA) is 61.0 Å². The minimum absolute atomic E-state index is 0.0501. The molecule has 7 heteroatoms. The van der Waals surface area contributed by atoms with Gasteiger partial charge in [0, 0.05) is 6.07 Å². The zero-order valence-corrected chi connectivity index (χ0v) is 9.25. The summed E-state index contributed by atoms with van der Waals surface area (Å²) in [6.45, 7) is 1.49. The molecule has 2 N–H and O–H groups in total. The third-order valence-electron chi connectivity index (χ3n) is 2.16. The van der Waals surface area contributed by atoms with E-state index in [1.807, 2.05) is 0 Å². The maximum absolute atomic E-state index is 13.3. The van der Waals surface area contributed by atoms with Gasteiger partial charge in [0.2, 0.25) is 11.8 Å². The van der Waals surface area contributed by atoms with Crippen LogP contribution < -0.4 is 10.5 Å². The number of benzene rings is 1. The van der Waals surface area contributed by atoms with Crippen LogP contribution in [0.25, 0.3) is 0 Å². The van der Waals surface area contributed by atoms with Crippen LogP contribution in [0.15, 0.2) is 18.3 Å². The molecule has 4 nitrogen and oxygen atoms in total. The summed E-state index contributed by atoms with van der Waals surface area (Å²) in [4.78, 5) is 6.93. The Kier molecular flexibility index (Phi) is 3.05. The van der Waals surface area contributed by atoms with Crippen LogP contribution in [0.1, 0.15) is 5.56 Å². The summed E-state index contributed by atoms with van der Waals surface area (Å²) in [7, 11) is 0. The lowest BCUT2D eigenvalue weighted by Gasteiger charge is -2.09. The Morgan fingerprint density at radius 2 is 1.78 bits per heavy atom. The van der Waals surface area contributed by atoms with Crippen molar-refractivity contribution in [2.24, 2.45) is 0 Å². The molecule has 0 amide bonds. The van der Waals surface area contributed by atoms with E-state index in [2.05, 4.69) is 9.97 Å². The summed E-state index contributed by atoms with van der Waals surface area (Å²) < 4.78 is 44.3. The molecule has 2 aromatic rings. The van der Waals surface area contributed by atoms with Crippen molar-refractivity contribution < 1.29 is 17.9 Å². The molecule has 0 bridgehead atoms. The molecule has 0 aliphatic rings. The van der Waals surface area contributed by atoms with E-state index < -0.39 is 23.3 Å². The number of rotatable bonds is 2. The molecule has 0 unspecified atom stereocenters. The highest BCUT2D eigenvalue weighted by molar-refractivity contribution is 5.37. The maximum Gasteiger partial charge on any atom is 0.260 e. The fraction of sp³-hybridized carbons (Fsp3) is 0.0909. The zero-order valence-electron chi connectivity index (χ0n) is 9.25. The predicted octanol–water partition coefficient (Wildman–Crippen LogP) is 2.58. The van der Waals surface area contributed by atoms with Crippen LogP contribution in [0.3, 0.4) is 0 Å². The van der Waals surface area contributed by atoms with Crippen LogP contribution in [-0.4, -0.2) is 9.97 Å². The highest BCUT2D eigenvalue weighted by Gasteiger charge is 2.13. The van der Waals surface area contributed by atoms with Crippen LogP contribution in [-0.2, 0) is 0 Å². The zero-order chi connectivity index (χ0) is 13.3. The molecule has 1 aromatic carbocycles. The van der Waals surface area contributed by atoms with Gasteiger partial charge in [0.15, 0.2) is 11.6 Å². The molecule has 1 heterocycles. The Morgan fingerprint density at radius 1 is 1.11 bits per heavy atom. The number of nitrogen functional groups attached to an aromatic ring is 1. The van der Waals surface area contributed by atoms with Crippen LogP contribution >= 0.6 is 0 Å². The molecular formula is C11H8F3N3O. The average Bonchev–Trinajstić information content (AvgIpc) is 2.30. The summed E-state index contributed by atoms with van der Waals surface area (Å²) >= 11 is 0. The van der Waals surface area contributed by atoms with Gasteiger partial charge in [0.25, 0.3) is 5.88 Å². The summed E-state index contributed by atoms with van der Waals surface area (Å²) in [6, 6.07) is 1.75. The van der Waals surface area contributed by atoms with Gasteiger partial charge < -0.3 is 10.5 Å². The number of aromatic nitrogens is 2. The first-order valence-electron chi connectivity index (χ1n) is 4.89. The minimum Gasteiger partial charge on any atom is -0.436 e. The first-order chi connectivity index (χ1) is 8.47. The van der Waals surface area contributed by atoms with E-state index in [9.17, 15) is 13.2 Å². The molecule has 0 aliphatic heterocycles. The van der Waals surface area contributed by atoms with Gasteiger partial charge in [-0.05, 0) is 18.6 Å². The normalized spacial score (nSPS) is 10.4. The fourth-order valence-electron chi connectivity index (χ4n) is 1.28. The smallest absolute Gasteiger partial charge is 0.260 e. The van der Waals surface area contributed by atoms with Gasteiger partial charge in [-0.1, -0.05) is 0 Å². The average molecular weight is 255 g/mol. The third kappa shape index (κ3) is 2.34. The number of hydrogen-bond acceptors (Lipinski definition) is 4. The van der Waals surface area contributed by atoms with Crippen molar-refractivity contribution in [2.45, 2.75) is 6.92 Å². The summed E-state index contributed by atoms with van der Waals surface area (Å²) in [5.41, 5.74) is 5.57. The SMILES string of the molecule is Cc1cc(F)c(F)cc1Oc1nc(N)ncc1F. The van der Waals surface area contributed by atoms with Crippen molar-refractivity contribution in [3.8, 4) is 11.6 Å². The molecule has 0 spiro atoms. The number of anilines is 1. The number of halogens is 3. The van der Waals surface area contributed by atoms with Crippen LogP contribution in [0.4, 0.5) is 19.1 Å². The summed E-state index contributed by atoms with van der Waals surface area (Å²) in [5, 5.41) is 0. The van der Waals surface area contributed by atoms with Crippen LogP contribution in [0, 0.1) is 24.4 Å². The van der Waals surface area contributed by atoms with E-state index in [1.165, 1.54) is 6.92 Å². The highest BCUT2D eigenvalue weighted by Crippen LogP contribution is 2.27. The van der Waals surface area contributed by atoms with Gasteiger partial charge in [0.1, 0.15) is 5.75 Å². The largest absolute Gasteiger partial charge is 0.436 e. The first-order valence-corrected chi connectivity index (χ1v) is 4.89. The number of nitrogens with zero attached hydrogens (tertiary/aromatic N) is 2. The Bertz CT molecular complexity index is 604. The molecule has 2 rings (SSSR count). The van der Waals surface area contributed by atoms with Crippen molar-refractivity contribution in [1.82, 2.24) is 9.97 Å². The highest BCUT2D eigenvalue weighted by atomic mass is 19.2.